The van der Waals surface area contributed by atoms with Gasteiger partial charge in [0.05, 0.1) is 30.9 Å². The highest BCUT2D eigenvalue weighted by molar-refractivity contribution is 7.23. The zero-order valence-electron chi connectivity index (χ0n) is 80.0. The van der Waals surface area contributed by atoms with Crippen LogP contribution >= 0.6 is 34.0 Å². The van der Waals surface area contributed by atoms with Crippen LogP contribution in [0.15, 0.2) is 528 Å². The van der Waals surface area contributed by atoms with Crippen molar-refractivity contribution in [2.45, 2.75) is 16.2 Å². The minimum atomic E-state index is -0.515. The Morgan fingerprint density at radius 1 is 0.135 bits per heavy atom. The second-order valence-electron chi connectivity index (χ2n) is 37.5. The lowest BCUT2D eigenvalue weighted by molar-refractivity contribution is 0.768. The third kappa shape index (κ3) is 15.1. The lowest BCUT2D eigenvalue weighted by Gasteiger charge is -2.33. The molecule has 0 aliphatic heterocycles. The summed E-state index contributed by atoms with van der Waals surface area (Å²) < 4.78 is 3.63. The molecular formula is C136H87N9S3. The summed E-state index contributed by atoms with van der Waals surface area (Å²) in [6, 6.07) is 188. The number of aromatic nitrogens is 9. The first-order valence-electron chi connectivity index (χ1n) is 49.9. The smallest absolute Gasteiger partial charge is 0.174 e. The third-order valence-corrected chi connectivity index (χ3v) is 32.6. The molecule has 6 heterocycles. The highest BCUT2D eigenvalue weighted by Gasteiger charge is 2.51. The van der Waals surface area contributed by atoms with Crippen molar-refractivity contribution in [1.82, 2.24) is 44.9 Å². The van der Waals surface area contributed by atoms with Crippen molar-refractivity contribution in [1.29, 1.82) is 0 Å². The van der Waals surface area contributed by atoms with E-state index in [-0.39, 0.29) is 0 Å². The van der Waals surface area contributed by atoms with Gasteiger partial charge in [-0.2, -0.15) is 0 Å². The Bertz CT molecular complexity index is 9340. The molecule has 12 heteroatoms. The van der Waals surface area contributed by atoms with Crippen LogP contribution in [0.2, 0.25) is 0 Å². The summed E-state index contributed by atoms with van der Waals surface area (Å²) in [5, 5.41) is 5.90. The number of hydrogen-bond donors (Lipinski definition) is 0. The molecule has 0 amide bonds. The van der Waals surface area contributed by atoms with Crippen LogP contribution in [0.4, 0.5) is 0 Å². The maximum Gasteiger partial charge on any atom is 0.174 e. The number of fused-ring (bicyclic) bond motifs is 13. The van der Waals surface area contributed by atoms with E-state index in [1.807, 2.05) is 24.3 Å². The normalized spacial score (nSPS) is 12.9. The number of rotatable bonds is 16. The molecule has 148 heavy (non-hydrogen) atoms. The third-order valence-electron chi connectivity index (χ3n) is 29.3. The van der Waals surface area contributed by atoms with Crippen molar-refractivity contribution < 1.29 is 0 Å². The van der Waals surface area contributed by atoms with Gasteiger partial charge in [-0.15, -0.1) is 34.0 Å². The maximum absolute atomic E-state index is 5.31. The minimum Gasteiger partial charge on any atom is -0.208 e. The molecule has 29 rings (SSSR count). The standard InChI is InChI=1S/C48H31N3S.C46H29N3S.C42H27N3S/c1-4-16-32(17-5-1)33-19-14-20-35(30-33)45-49-46(51-47(50-45)43-31-34-18-10-13-29-42(34)52-43)39-26-15-28-41-44(39)38-25-11-12-27-40(38)48(41,36-21-6-2-7-22-36)37-23-8-3-9-24-37;1-3-17-34(18-4-1)46(35-19-5-2-6-20-35)38-23-11-10-21-36(38)42-37(22-13-24-39(42)46)44-47-43(33-27-26-30-14-7-8-15-31(30)28-33)48-45(49-44)41-29-32-16-9-12-25-40(32)50-41;1-4-15-28(16-5-1)39-43-40(45-41(44-39)37-27-29-17-10-13-26-36(29)46-37)33-23-14-25-35-38(33)32-22-11-12-24-34(32)42(35,30-18-6-2-7-19-30)31-20-8-3-9-21-31/h1-31H;1-29H;1-27H. The molecule has 0 fully saturated rings. The zero-order valence-corrected chi connectivity index (χ0v) is 82.4. The maximum atomic E-state index is 5.31. The van der Waals surface area contributed by atoms with Crippen LogP contribution in [0.5, 0.6) is 0 Å². The van der Waals surface area contributed by atoms with Gasteiger partial charge >= 0.3 is 0 Å². The predicted molar refractivity (Wildman–Crippen MR) is 609 cm³/mol. The molecule has 0 spiro atoms. The highest BCUT2D eigenvalue weighted by Crippen LogP contribution is 2.63. The van der Waals surface area contributed by atoms with Gasteiger partial charge in [0.1, 0.15) is 0 Å². The summed E-state index contributed by atoms with van der Waals surface area (Å²) in [6.07, 6.45) is 0. The quantitative estimate of drug-likeness (QED) is 0.0932. The van der Waals surface area contributed by atoms with Gasteiger partial charge in [0.25, 0.3) is 0 Å². The molecule has 26 aromatic rings. The van der Waals surface area contributed by atoms with Crippen LogP contribution in [-0.4, -0.2) is 44.9 Å². The van der Waals surface area contributed by atoms with Gasteiger partial charge in [-0.25, -0.2) is 44.9 Å². The molecule has 0 bridgehead atoms. The van der Waals surface area contributed by atoms with Crippen LogP contribution < -0.4 is 0 Å². The molecule has 0 N–H and O–H groups in total. The van der Waals surface area contributed by atoms with Crippen molar-refractivity contribution >= 4 is 75.0 Å². The summed E-state index contributed by atoms with van der Waals surface area (Å²) in [4.78, 5) is 50.0. The number of hydrogen-bond acceptors (Lipinski definition) is 12. The summed E-state index contributed by atoms with van der Waals surface area (Å²) >= 11 is 5.14. The average molecular weight is 1940 g/mol. The SMILES string of the molecule is c1ccc(-c2cccc(-c3nc(-c4cc5ccccc5s4)nc(-c4cccc5c4-c4ccccc4C5(c4ccccc4)c4ccccc4)n3)c2)cc1.c1ccc(-c2nc(-c3cc4ccccc4s3)nc(-c3cccc4c3-c3ccccc3C4(c3ccccc3)c3ccccc3)n2)cc1.c1ccc(C2(c3ccccc3)c3ccccc3-c3c(-c4nc(-c5ccc6ccccc6c5)nc(-c5cc6ccccc6s5)n4)cccc32)cc1. The summed E-state index contributed by atoms with van der Waals surface area (Å²) in [6.45, 7) is 0. The molecule has 0 radical (unpaired) electrons. The Hall–Kier alpha value is -18.4. The molecule has 0 unspecified atom stereocenters. The highest BCUT2D eigenvalue weighted by atomic mass is 32.1. The van der Waals surface area contributed by atoms with Gasteiger partial charge in [-0.1, -0.05) is 479 Å². The molecule has 0 saturated carbocycles. The predicted octanol–water partition coefficient (Wildman–Crippen LogP) is 34.2. The fourth-order valence-electron chi connectivity index (χ4n) is 22.9. The van der Waals surface area contributed by atoms with E-state index in [2.05, 4.69) is 504 Å². The van der Waals surface area contributed by atoms with E-state index in [0.717, 1.165) is 75.7 Å². The lowest BCUT2D eigenvalue weighted by atomic mass is 9.67. The van der Waals surface area contributed by atoms with Crippen molar-refractivity contribution in [2.75, 3.05) is 0 Å². The second kappa shape index (κ2) is 37.4. The molecule has 0 saturated heterocycles. The van der Waals surface area contributed by atoms with Crippen molar-refractivity contribution in [2.24, 2.45) is 0 Å². The van der Waals surface area contributed by atoms with E-state index in [4.69, 9.17) is 44.9 Å². The molecule has 20 aromatic carbocycles. The fraction of sp³-hybridized carbons (Fsp3) is 0.0221. The van der Waals surface area contributed by atoms with Crippen molar-refractivity contribution in [3.8, 4) is 145 Å². The molecule has 6 aromatic heterocycles. The van der Waals surface area contributed by atoms with Crippen molar-refractivity contribution in [3.63, 3.8) is 0 Å². The number of thiophene rings is 3. The second-order valence-corrected chi connectivity index (χ2v) is 40.8. The van der Waals surface area contributed by atoms with Crippen molar-refractivity contribution in [3.05, 3.63) is 595 Å². The molecule has 9 nitrogen and oxygen atoms in total. The van der Waals surface area contributed by atoms with E-state index in [0.29, 0.717) is 52.4 Å². The van der Waals surface area contributed by atoms with E-state index < -0.39 is 16.2 Å². The van der Waals surface area contributed by atoms with Gasteiger partial charge in [0, 0.05) is 47.5 Å². The monoisotopic (exact) mass is 1940 g/mol. The Morgan fingerprint density at radius 2 is 0.372 bits per heavy atom. The van der Waals surface area contributed by atoms with Gasteiger partial charge in [-0.3, -0.25) is 0 Å². The lowest BCUT2D eigenvalue weighted by Crippen LogP contribution is -2.28. The van der Waals surface area contributed by atoms with E-state index in [1.165, 1.54) is 125 Å². The number of nitrogens with zero attached hydrogens (tertiary/aromatic N) is 9. The number of benzene rings is 20. The van der Waals surface area contributed by atoms with E-state index >= 15 is 0 Å². The van der Waals surface area contributed by atoms with Gasteiger partial charge < -0.3 is 0 Å². The van der Waals surface area contributed by atoms with Crippen LogP contribution in [-0.2, 0) is 16.2 Å². The first-order valence-corrected chi connectivity index (χ1v) is 52.3. The molecule has 0 atom stereocenters. The van der Waals surface area contributed by atoms with Gasteiger partial charge in [-0.05, 0) is 187 Å². The Labute approximate surface area is 868 Å². The first-order chi connectivity index (χ1) is 73.3. The summed E-state index contributed by atoms with van der Waals surface area (Å²) in [7, 11) is 0. The molecule has 694 valence electrons. The molecule has 3 aliphatic carbocycles. The average Bonchev–Trinajstić information content (AvgIpc) is 1.54. The summed E-state index contributed by atoms with van der Waals surface area (Å²) in [5.41, 5.74) is 28.5. The Kier molecular flexibility index (Phi) is 22.4. The Morgan fingerprint density at radius 3 is 0.716 bits per heavy atom. The van der Waals surface area contributed by atoms with Gasteiger partial charge in [0.2, 0.25) is 0 Å². The Balaban J connectivity index is 0.000000110. The van der Waals surface area contributed by atoms with Crippen LogP contribution in [0.25, 0.3) is 186 Å². The largest absolute Gasteiger partial charge is 0.208 e. The van der Waals surface area contributed by atoms with Crippen LogP contribution in [0.3, 0.4) is 0 Å². The van der Waals surface area contributed by atoms with E-state index in [1.54, 1.807) is 34.0 Å². The van der Waals surface area contributed by atoms with Gasteiger partial charge in [0.15, 0.2) is 52.4 Å². The summed E-state index contributed by atoms with van der Waals surface area (Å²) in [5.74, 6) is 6.01. The molecular weight excluding hydrogens is 1860 g/mol. The van der Waals surface area contributed by atoms with Crippen LogP contribution in [0.1, 0.15) is 66.8 Å². The topological polar surface area (TPSA) is 116 Å². The van der Waals surface area contributed by atoms with Crippen LogP contribution in [0, 0.1) is 0 Å². The fourth-order valence-corrected chi connectivity index (χ4v) is 25.9. The molecule has 3 aliphatic rings. The van der Waals surface area contributed by atoms with E-state index in [9.17, 15) is 0 Å². The first kappa shape index (κ1) is 88.5. The minimum absolute atomic E-state index is 0.492. The zero-order chi connectivity index (χ0) is 98.1.